The zero-order valence-electron chi connectivity index (χ0n) is 14.1. The minimum atomic E-state index is -0.216. The number of rotatable bonds is 4. The summed E-state index contributed by atoms with van der Waals surface area (Å²) in [5.41, 5.74) is 1.61. The van der Waals surface area contributed by atoms with Gasteiger partial charge in [0, 0.05) is 31.1 Å². The molecule has 1 amide bonds. The normalized spacial score (nSPS) is 22.7. The van der Waals surface area contributed by atoms with Crippen molar-refractivity contribution in [1.29, 1.82) is 0 Å². The fourth-order valence-corrected chi connectivity index (χ4v) is 3.48. The Morgan fingerprint density at radius 1 is 1.28 bits per heavy atom. The fourth-order valence-electron chi connectivity index (χ4n) is 3.48. The van der Waals surface area contributed by atoms with Crippen molar-refractivity contribution >= 4 is 11.9 Å². The van der Waals surface area contributed by atoms with Gasteiger partial charge < -0.3 is 10.2 Å². The molecule has 2 aromatic heterocycles. The predicted octanol–water partition coefficient (Wildman–Crippen LogP) is 0.473. The second-order valence-corrected chi connectivity index (χ2v) is 6.78. The lowest BCUT2D eigenvalue weighted by molar-refractivity contribution is 0.0902. The summed E-state index contributed by atoms with van der Waals surface area (Å²) in [5.74, 6) is 0.657. The molecule has 0 radical (unpaired) electrons. The summed E-state index contributed by atoms with van der Waals surface area (Å²) in [7, 11) is 0. The van der Waals surface area contributed by atoms with E-state index in [1.165, 1.54) is 0 Å². The van der Waals surface area contributed by atoms with E-state index in [0.717, 1.165) is 44.5 Å². The number of hydrogen-bond acceptors (Lipinski definition) is 6. The molecular weight excluding hydrogens is 322 g/mol. The Labute approximate surface area is 144 Å². The third kappa shape index (κ3) is 3.13. The van der Waals surface area contributed by atoms with Crippen molar-refractivity contribution in [2.45, 2.75) is 44.6 Å². The van der Waals surface area contributed by atoms with Gasteiger partial charge in [-0.15, -0.1) is 0 Å². The van der Waals surface area contributed by atoms with E-state index in [4.69, 9.17) is 0 Å². The molecule has 3 heterocycles. The molecule has 2 aliphatic rings. The molecule has 0 spiro atoms. The minimum absolute atomic E-state index is 0.0740. The highest BCUT2D eigenvalue weighted by atomic mass is 16.2. The maximum atomic E-state index is 12.1. The Morgan fingerprint density at radius 2 is 2.04 bits per heavy atom. The largest absolute Gasteiger partial charge is 0.348 e. The lowest BCUT2D eigenvalue weighted by atomic mass is 9.78. The third-order valence-electron chi connectivity index (χ3n) is 4.98. The number of nitrogens with zero attached hydrogens (tertiary/aromatic N) is 4. The quantitative estimate of drug-likeness (QED) is 0.742. The first-order valence-corrected chi connectivity index (χ1v) is 8.64. The first-order chi connectivity index (χ1) is 12.1. The van der Waals surface area contributed by atoms with Gasteiger partial charge in [0.2, 0.25) is 5.95 Å². The summed E-state index contributed by atoms with van der Waals surface area (Å²) < 4.78 is 0. The lowest BCUT2D eigenvalue weighted by Gasteiger charge is -2.35. The standard InChI is InChI=1S/C16H21N7O2/c1-9-14(21-22-20-9)15(25)17-11-6-10(7-11)12-8-13(24)19-16(18-12)23-4-2-3-5-23/h8,10-11H,2-7H2,1H3,(H,17,25)(H,18,19,24)(H,20,21,22). The zero-order valence-corrected chi connectivity index (χ0v) is 14.1. The number of nitrogens with one attached hydrogen (secondary N) is 3. The molecule has 1 aliphatic heterocycles. The minimum Gasteiger partial charge on any atom is -0.348 e. The molecule has 0 bridgehead atoms. The van der Waals surface area contributed by atoms with Crippen LogP contribution in [0.2, 0.25) is 0 Å². The molecule has 0 aromatic carbocycles. The maximum Gasteiger partial charge on any atom is 0.273 e. The van der Waals surface area contributed by atoms with Gasteiger partial charge in [-0.05, 0) is 32.6 Å². The van der Waals surface area contributed by atoms with Crippen molar-refractivity contribution in [2.75, 3.05) is 18.0 Å². The molecule has 2 fully saturated rings. The van der Waals surface area contributed by atoms with E-state index >= 15 is 0 Å². The Bertz CT molecular complexity index is 831. The maximum absolute atomic E-state index is 12.1. The van der Waals surface area contributed by atoms with E-state index in [1.54, 1.807) is 13.0 Å². The van der Waals surface area contributed by atoms with Crippen LogP contribution in [0.3, 0.4) is 0 Å². The molecule has 1 saturated carbocycles. The molecule has 9 heteroatoms. The van der Waals surface area contributed by atoms with Gasteiger partial charge >= 0.3 is 0 Å². The van der Waals surface area contributed by atoms with E-state index in [9.17, 15) is 9.59 Å². The summed E-state index contributed by atoms with van der Waals surface area (Å²) in [4.78, 5) is 33.7. The molecule has 9 nitrogen and oxygen atoms in total. The highest BCUT2D eigenvalue weighted by Crippen LogP contribution is 2.36. The first-order valence-electron chi connectivity index (χ1n) is 8.64. The number of aromatic nitrogens is 5. The van der Waals surface area contributed by atoms with Gasteiger partial charge in [0.25, 0.3) is 11.5 Å². The van der Waals surface area contributed by atoms with E-state index < -0.39 is 0 Å². The molecule has 1 saturated heterocycles. The molecule has 1 aliphatic carbocycles. The number of anilines is 1. The van der Waals surface area contributed by atoms with E-state index in [2.05, 4.69) is 35.6 Å². The van der Waals surface area contributed by atoms with E-state index in [-0.39, 0.29) is 23.4 Å². The summed E-state index contributed by atoms with van der Waals surface area (Å²) in [6.07, 6.45) is 3.82. The van der Waals surface area contributed by atoms with Gasteiger partial charge in [0.1, 0.15) is 0 Å². The van der Waals surface area contributed by atoms with Crippen LogP contribution in [0.25, 0.3) is 0 Å². The first kappa shape index (κ1) is 15.8. The van der Waals surface area contributed by atoms with Gasteiger partial charge in [-0.25, -0.2) is 4.98 Å². The summed E-state index contributed by atoms with van der Waals surface area (Å²) in [6.45, 7) is 3.61. The second-order valence-electron chi connectivity index (χ2n) is 6.78. The van der Waals surface area contributed by atoms with Crippen LogP contribution in [0.4, 0.5) is 5.95 Å². The van der Waals surface area contributed by atoms with Crippen molar-refractivity contribution in [2.24, 2.45) is 0 Å². The molecule has 0 atom stereocenters. The summed E-state index contributed by atoms with van der Waals surface area (Å²) in [6, 6.07) is 1.65. The van der Waals surface area contributed by atoms with Gasteiger partial charge in [0.15, 0.2) is 5.69 Å². The van der Waals surface area contributed by atoms with Crippen molar-refractivity contribution < 1.29 is 4.79 Å². The van der Waals surface area contributed by atoms with E-state index in [0.29, 0.717) is 17.3 Å². The molecule has 25 heavy (non-hydrogen) atoms. The van der Waals surface area contributed by atoms with E-state index in [1.807, 2.05) is 0 Å². The molecule has 4 rings (SSSR count). The zero-order chi connectivity index (χ0) is 17.4. The lowest BCUT2D eigenvalue weighted by Crippen LogP contribution is -2.44. The average molecular weight is 343 g/mol. The number of carbonyl (C=O) groups excluding carboxylic acids is 1. The van der Waals surface area contributed by atoms with Crippen molar-refractivity contribution in [3.8, 4) is 0 Å². The molecule has 132 valence electrons. The van der Waals surface area contributed by atoms with Crippen molar-refractivity contribution in [1.82, 2.24) is 30.7 Å². The summed E-state index contributed by atoms with van der Waals surface area (Å²) in [5, 5.41) is 13.1. The van der Waals surface area contributed by atoms with Crippen LogP contribution in [0.1, 0.15) is 53.5 Å². The number of aryl methyl sites for hydroxylation is 1. The van der Waals surface area contributed by atoms with Crippen LogP contribution in [0.15, 0.2) is 10.9 Å². The van der Waals surface area contributed by atoms with Gasteiger partial charge in [-0.1, -0.05) is 0 Å². The Balaban J connectivity index is 1.39. The number of H-pyrrole nitrogens is 2. The van der Waals surface area contributed by atoms with Crippen LogP contribution >= 0.6 is 0 Å². The van der Waals surface area contributed by atoms with Gasteiger partial charge in [-0.3, -0.25) is 14.6 Å². The number of amides is 1. The Morgan fingerprint density at radius 3 is 2.72 bits per heavy atom. The number of hydrogen-bond donors (Lipinski definition) is 3. The molecular formula is C16H21N7O2. The van der Waals surface area contributed by atoms with Crippen LogP contribution in [-0.4, -0.2) is 50.4 Å². The fraction of sp³-hybridized carbons (Fsp3) is 0.562. The Hall–Kier alpha value is -2.71. The smallest absolute Gasteiger partial charge is 0.273 e. The monoisotopic (exact) mass is 343 g/mol. The van der Waals surface area contributed by atoms with Crippen LogP contribution in [0, 0.1) is 6.92 Å². The highest BCUT2D eigenvalue weighted by Gasteiger charge is 2.34. The van der Waals surface area contributed by atoms with Crippen LogP contribution in [0.5, 0.6) is 0 Å². The Kier molecular flexibility index (Phi) is 3.98. The number of carbonyl (C=O) groups is 1. The molecule has 0 unspecified atom stereocenters. The second kappa shape index (κ2) is 6.30. The predicted molar refractivity (Wildman–Crippen MR) is 90.7 cm³/mol. The number of aromatic amines is 2. The third-order valence-corrected chi connectivity index (χ3v) is 4.98. The van der Waals surface area contributed by atoms with Crippen LogP contribution < -0.4 is 15.8 Å². The van der Waals surface area contributed by atoms with Crippen molar-refractivity contribution in [3.63, 3.8) is 0 Å². The van der Waals surface area contributed by atoms with Crippen LogP contribution in [-0.2, 0) is 0 Å². The van der Waals surface area contributed by atoms with Gasteiger partial charge in [-0.2, -0.15) is 15.4 Å². The van der Waals surface area contributed by atoms with Gasteiger partial charge in [0.05, 0.1) is 11.4 Å². The molecule has 3 N–H and O–H groups in total. The summed E-state index contributed by atoms with van der Waals surface area (Å²) >= 11 is 0. The molecule has 2 aromatic rings. The SMILES string of the molecule is Cc1n[nH]nc1C(=O)NC1CC(c2cc(=O)[nH]c(N3CCCC3)n2)C1. The average Bonchev–Trinajstić information content (AvgIpc) is 3.20. The topological polar surface area (TPSA) is 120 Å². The van der Waals surface area contributed by atoms with Crippen molar-refractivity contribution in [3.05, 3.63) is 33.5 Å². The highest BCUT2D eigenvalue weighted by molar-refractivity contribution is 5.93.